The van der Waals surface area contributed by atoms with Crippen molar-refractivity contribution >= 4 is 0 Å². The van der Waals surface area contributed by atoms with Gasteiger partial charge < -0.3 is 10.4 Å². The molecule has 1 aliphatic rings. The molecule has 0 spiro atoms. The molecular formula is C10H21NO. The smallest absolute Gasteiger partial charge is 0.0474 e. The van der Waals surface area contributed by atoms with Crippen LogP contribution in [0.15, 0.2) is 0 Å². The molecule has 1 aliphatic carbocycles. The van der Waals surface area contributed by atoms with Crippen molar-refractivity contribution in [2.45, 2.75) is 38.6 Å². The van der Waals surface area contributed by atoms with E-state index in [0.717, 1.165) is 12.3 Å². The summed E-state index contributed by atoms with van der Waals surface area (Å²) in [6, 6.07) is 0.550. The highest BCUT2D eigenvalue weighted by atomic mass is 16.3. The highest BCUT2D eigenvalue weighted by molar-refractivity contribution is 4.86. The largest absolute Gasteiger partial charge is 0.396 e. The van der Waals surface area contributed by atoms with Crippen LogP contribution in [0, 0.1) is 11.8 Å². The van der Waals surface area contributed by atoms with Crippen molar-refractivity contribution in [1.29, 1.82) is 0 Å². The van der Waals surface area contributed by atoms with Crippen molar-refractivity contribution in [3.63, 3.8) is 0 Å². The Kier molecular flexibility index (Phi) is 4.02. The third-order valence-electron chi connectivity index (χ3n) is 3.26. The number of hydrogen-bond donors (Lipinski definition) is 2. The van der Waals surface area contributed by atoms with Crippen LogP contribution in [0.25, 0.3) is 0 Å². The third kappa shape index (κ3) is 1.99. The SMILES string of the molecule is CCC(CO)C(NC)C1CCC1. The molecule has 72 valence electrons. The molecule has 0 heterocycles. The monoisotopic (exact) mass is 171 g/mol. The fraction of sp³-hybridized carbons (Fsp3) is 1.00. The highest BCUT2D eigenvalue weighted by Crippen LogP contribution is 2.33. The van der Waals surface area contributed by atoms with Crippen LogP contribution >= 0.6 is 0 Å². The predicted molar refractivity (Wildman–Crippen MR) is 51.1 cm³/mol. The van der Waals surface area contributed by atoms with Crippen molar-refractivity contribution < 1.29 is 5.11 Å². The van der Waals surface area contributed by atoms with Crippen molar-refractivity contribution in [2.24, 2.45) is 11.8 Å². The van der Waals surface area contributed by atoms with Gasteiger partial charge in [0, 0.05) is 12.6 Å². The number of hydrogen-bond acceptors (Lipinski definition) is 2. The zero-order valence-corrected chi connectivity index (χ0v) is 8.21. The Labute approximate surface area is 75.4 Å². The quantitative estimate of drug-likeness (QED) is 0.655. The molecule has 0 aromatic carbocycles. The molecule has 1 rings (SSSR count). The first-order chi connectivity index (χ1) is 5.83. The minimum atomic E-state index is 0.332. The van der Waals surface area contributed by atoms with Crippen LogP contribution in [0.3, 0.4) is 0 Å². The van der Waals surface area contributed by atoms with Crippen LogP contribution in [0.1, 0.15) is 32.6 Å². The van der Waals surface area contributed by atoms with Gasteiger partial charge in [-0.3, -0.25) is 0 Å². The lowest BCUT2D eigenvalue weighted by atomic mass is 9.74. The molecule has 2 N–H and O–H groups in total. The molecular weight excluding hydrogens is 150 g/mol. The molecule has 0 saturated heterocycles. The van der Waals surface area contributed by atoms with Crippen LogP contribution in [0.5, 0.6) is 0 Å². The summed E-state index contributed by atoms with van der Waals surface area (Å²) >= 11 is 0. The molecule has 0 aromatic rings. The Morgan fingerprint density at radius 2 is 2.17 bits per heavy atom. The molecule has 0 amide bonds. The van der Waals surface area contributed by atoms with Gasteiger partial charge in [0.05, 0.1) is 0 Å². The summed E-state index contributed by atoms with van der Waals surface area (Å²) in [5.41, 5.74) is 0. The standard InChI is InChI=1S/C10H21NO/c1-3-8(7-12)10(11-2)9-5-4-6-9/h8-12H,3-7H2,1-2H3. The van der Waals surface area contributed by atoms with E-state index in [9.17, 15) is 0 Å². The van der Waals surface area contributed by atoms with Gasteiger partial charge in [-0.2, -0.15) is 0 Å². The minimum absolute atomic E-state index is 0.332. The fourth-order valence-electron chi connectivity index (χ4n) is 2.15. The second-order valence-corrected chi connectivity index (χ2v) is 3.86. The van der Waals surface area contributed by atoms with E-state index < -0.39 is 0 Å². The van der Waals surface area contributed by atoms with Gasteiger partial charge >= 0.3 is 0 Å². The first-order valence-electron chi connectivity index (χ1n) is 5.11. The lowest BCUT2D eigenvalue weighted by Gasteiger charge is -2.37. The molecule has 2 atom stereocenters. The Bertz CT molecular complexity index is 119. The van der Waals surface area contributed by atoms with Crippen LogP contribution in [-0.2, 0) is 0 Å². The zero-order chi connectivity index (χ0) is 8.97. The van der Waals surface area contributed by atoms with E-state index in [1.54, 1.807) is 0 Å². The summed E-state index contributed by atoms with van der Waals surface area (Å²) in [4.78, 5) is 0. The molecule has 0 radical (unpaired) electrons. The van der Waals surface area contributed by atoms with E-state index in [-0.39, 0.29) is 0 Å². The van der Waals surface area contributed by atoms with Gasteiger partial charge in [-0.25, -0.2) is 0 Å². The molecule has 1 saturated carbocycles. The first kappa shape index (κ1) is 10.0. The van der Waals surface area contributed by atoms with E-state index in [0.29, 0.717) is 18.6 Å². The zero-order valence-electron chi connectivity index (χ0n) is 8.21. The second kappa shape index (κ2) is 4.83. The molecule has 2 heteroatoms. The van der Waals surface area contributed by atoms with Gasteiger partial charge in [-0.1, -0.05) is 13.3 Å². The summed E-state index contributed by atoms with van der Waals surface area (Å²) in [6.45, 7) is 2.49. The third-order valence-corrected chi connectivity index (χ3v) is 3.26. The maximum absolute atomic E-state index is 9.16. The molecule has 2 nitrogen and oxygen atoms in total. The number of aliphatic hydroxyl groups excluding tert-OH is 1. The van der Waals surface area contributed by atoms with Gasteiger partial charge in [0.2, 0.25) is 0 Å². The molecule has 12 heavy (non-hydrogen) atoms. The lowest BCUT2D eigenvalue weighted by Crippen LogP contribution is -2.44. The second-order valence-electron chi connectivity index (χ2n) is 3.86. The van der Waals surface area contributed by atoms with Crippen LogP contribution < -0.4 is 5.32 Å². The normalized spacial score (nSPS) is 23.2. The summed E-state index contributed by atoms with van der Waals surface area (Å²) in [6.07, 6.45) is 5.16. The van der Waals surface area contributed by atoms with Gasteiger partial charge in [0.1, 0.15) is 0 Å². The van der Waals surface area contributed by atoms with Crippen molar-refractivity contribution in [3.05, 3.63) is 0 Å². The Balaban J connectivity index is 2.40. The molecule has 1 fully saturated rings. The summed E-state index contributed by atoms with van der Waals surface area (Å²) in [7, 11) is 2.02. The van der Waals surface area contributed by atoms with E-state index in [4.69, 9.17) is 5.11 Å². The van der Waals surface area contributed by atoms with E-state index in [1.807, 2.05) is 7.05 Å². The number of aliphatic hydroxyl groups is 1. The van der Waals surface area contributed by atoms with E-state index in [2.05, 4.69) is 12.2 Å². The summed E-state index contributed by atoms with van der Waals surface area (Å²) < 4.78 is 0. The van der Waals surface area contributed by atoms with Gasteiger partial charge in [-0.15, -0.1) is 0 Å². The maximum Gasteiger partial charge on any atom is 0.0474 e. The van der Waals surface area contributed by atoms with Gasteiger partial charge in [0.25, 0.3) is 0 Å². The van der Waals surface area contributed by atoms with Crippen LogP contribution in [0.2, 0.25) is 0 Å². The predicted octanol–water partition coefficient (Wildman–Crippen LogP) is 1.39. The summed E-state index contributed by atoms with van der Waals surface area (Å²) in [5.74, 6) is 1.28. The Hall–Kier alpha value is -0.0800. The molecule has 0 bridgehead atoms. The van der Waals surface area contributed by atoms with Crippen LogP contribution in [0.4, 0.5) is 0 Å². The molecule has 2 unspecified atom stereocenters. The van der Waals surface area contributed by atoms with Crippen molar-refractivity contribution in [2.75, 3.05) is 13.7 Å². The van der Waals surface area contributed by atoms with Crippen LogP contribution in [-0.4, -0.2) is 24.8 Å². The molecule has 0 aliphatic heterocycles. The topological polar surface area (TPSA) is 32.3 Å². The van der Waals surface area contributed by atoms with Gasteiger partial charge in [0.15, 0.2) is 0 Å². The Morgan fingerprint density at radius 3 is 2.42 bits per heavy atom. The first-order valence-corrected chi connectivity index (χ1v) is 5.11. The maximum atomic E-state index is 9.16. The average Bonchev–Trinajstić information content (AvgIpc) is 2.01. The Morgan fingerprint density at radius 1 is 1.50 bits per heavy atom. The minimum Gasteiger partial charge on any atom is -0.396 e. The highest BCUT2D eigenvalue weighted by Gasteiger charge is 2.30. The number of rotatable bonds is 5. The molecule has 0 aromatic heterocycles. The van der Waals surface area contributed by atoms with Crippen molar-refractivity contribution in [3.8, 4) is 0 Å². The van der Waals surface area contributed by atoms with E-state index >= 15 is 0 Å². The number of nitrogens with one attached hydrogen (secondary N) is 1. The lowest BCUT2D eigenvalue weighted by molar-refractivity contribution is 0.122. The average molecular weight is 171 g/mol. The van der Waals surface area contributed by atoms with Crippen molar-refractivity contribution in [1.82, 2.24) is 5.32 Å². The van der Waals surface area contributed by atoms with Gasteiger partial charge in [-0.05, 0) is 38.1 Å². The summed E-state index contributed by atoms with van der Waals surface area (Å²) in [5, 5.41) is 12.5. The van der Waals surface area contributed by atoms with E-state index in [1.165, 1.54) is 19.3 Å². The fourth-order valence-corrected chi connectivity index (χ4v) is 2.15.